The van der Waals surface area contributed by atoms with Gasteiger partial charge in [-0.15, -0.1) is 0 Å². The Morgan fingerprint density at radius 1 is 1.44 bits per heavy atom. The number of halogens is 1. The minimum atomic E-state index is -3.67. The van der Waals surface area contributed by atoms with E-state index in [9.17, 15) is 22.9 Å². The molecule has 0 heterocycles. The first kappa shape index (κ1) is 14.3. The molecule has 1 rings (SSSR count). The van der Waals surface area contributed by atoms with E-state index in [1.165, 1.54) is 0 Å². The number of nitrogens with one attached hydrogen (secondary N) is 2. The van der Waals surface area contributed by atoms with Crippen molar-refractivity contribution in [1.29, 1.82) is 0 Å². The third-order valence-electron chi connectivity index (χ3n) is 2.05. The van der Waals surface area contributed by atoms with Gasteiger partial charge >= 0.3 is 0 Å². The highest BCUT2D eigenvalue weighted by atomic mass is 32.2. The van der Waals surface area contributed by atoms with Gasteiger partial charge in [-0.25, -0.2) is 12.8 Å². The zero-order valence-corrected chi connectivity index (χ0v) is 10.3. The molecule has 7 nitrogen and oxygen atoms in total. The zero-order chi connectivity index (χ0) is 13.8. The fraction of sp³-hybridized carbons (Fsp3) is 0.333. The third-order valence-corrected chi connectivity index (χ3v) is 3.32. The Bertz CT molecular complexity index is 547. The van der Waals surface area contributed by atoms with E-state index in [1.54, 1.807) is 7.05 Å². The molecule has 0 amide bonds. The van der Waals surface area contributed by atoms with Gasteiger partial charge in [-0.1, -0.05) is 0 Å². The van der Waals surface area contributed by atoms with Crippen LogP contribution in [0.4, 0.5) is 15.8 Å². The van der Waals surface area contributed by atoms with Crippen LogP contribution in [0, 0.1) is 15.9 Å². The Morgan fingerprint density at radius 2 is 2.11 bits per heavy atom. The van der Waals surface area contributed by atoms with Crippen molar-refractivity contribution in [3.63, 3.8) is 0 Å². The summed E-state index contributed by atoms with van der Waals surface area (Å²) in [6.45, 7) is 0.212. The SMILES string of the molecule is CNCCS(=O)(=O)Nc1ccc([N+](=O)[O-])cc1F. The molecule has 0 aromatic heterocycles. The van der Waals surface area contributed by atoms with Crippen LogP contribution in [0.2, 0.25) is 0 Å². The number of nitro groups is 1. The van der Waals surface area contributed by atoms with Gasteiger partial charge in [-0.3, -0.25) is 14.8 Å². The molecule has 1 aromatic rings. The molecule has 0 radical (unpaired) electrons. The lowest BCUT2D eigenvalue weighted by Gasteiger charge is -2.08. The Hall–Kier alpha value is -1.74. The molecule has 2 N–H and O–H groups in total. The zero-order valence-electron chi connectivity index (χ0n) is 9.51. The van der Waals surface area contributed by atoms with Gasteiger partial charge in [0.1, 0.15) is 0 Å². The smallest absolute Gasteiger partial charge is 0.272 e. The molecule has 0 fully saturated rings. The predicted octanol–water partition coefficient (Wildman–Crippen LogP) is 0.695. The van der Waals surface area contributed by atoms with Gasteiger partial charge in [0.2, 0.25) is 10.0 Å². The highest BCUT2D eigenvalue weighted by Crippen LogP contribution is 2.21. The van der Waals surface area contributed by atoms with E-state index < -0.39 is 26.5 Å². The van der Waals surface area contributed by atoms with Crippen LogP contribution in [0.15, 0.2) is 18.2 Å². The molecule has 0 bridgehead atoms. The van der Waals surface area contributed by atoms with E-state index in [2.05, 4.69) is 5.32 Å². The van der Waals surface area contributed by atoms with Crippen LogP contribution < -0.4 is 10.0 Å². The fourth-order valence-corrected chi connectivity index (χ4v) is 2.23. The van der Waals surface area contributed by atoms with Crippen molar-refractivity contribution in [3.05, 3.63) is 34.1 Å². The first-order chi connectivity index (χ1) is 8.35. The maximum Gasteiger partial charge on any atom is 0.272 e. The van der Waals surface area contributed by atoms with Gasteiger partial charge < -0.3 is 5.32 Å². The van der Waals surface area contributed by atoms with Gasteiger partial charge in [0.15, 0.2) is 5.82 Å². The molecule has 18 heavy (non-hydrogen) atoms. The molecule has 0 atom stereocenters. The van der Waals surface area contributed by atoms with E-state index in [1.807, 2.05) is 4.72 Å². The Balaban J connectivity index is 2.89. The lowest BCUT2D eigenvalue weighted by atomic mass is 10.3. The van der Waals surface area contributed by atoms with Crippen LogP contribution in [0.3, 0.4) is 0 Å². The first-order valence-corrected chi connectivity index (χ1v) is 6.60. The summed E-state index contributed by atoms with van der Waals surface area (Å²) in [6, 6.07) is 2.71. The Labute approximate surface area is 103 Å². The van der Waals surface area contributed by atoms with E-state index >= 15 is 0 Å². The predicted molar refractivity (Wildman–Crippen MR) is 64.4 cm³/mol. The molecule has 0 saturated carbocycles. The molecule has 100 valence electrons. The van der Waals surface area contributed by atoms with Crippen LogP contribution in [-0.2, 0) is 10.0 Å². The summed E-state index contributed by atoms with van der Waals surface area (Å²) in [5.41, 5.74) is -0.748. The Kier molecular flexibility index (Phi) is 4.56. The maximum atomic E-state index is 13.4. The van der Waals surface area contributed by atoms with Crippen LogP contribution in [0.1, 0.15) is 0 Å². The second-order valence-corrected chi connectivity index (χ2v) is 5.29. The number of hydrogen-bond acceptors (Lipinski definition) is 5. The number of rotatable bonds is 6. The van der Waals surface area contributed by atoms with Crippen LogP contribution >= 0.6 is 0 Å². The van der Waals surface area contributed by atoms with Crippen molar-refractivity contribution in [1.82, 2.24) is 5.32 Å². The molecule has 0 aliphatic heterocycles. The summed E-state index contributed by atoms with van der Waals surface area (Å²) < 4.78 is 38.4. The van der Waals surface area contributed by atoms with Crippen molar-refractivity contribution in [2.45, 2.75) is 0 Å². The van der Waals surface area contributed by atoms with Gasteiger partial charge in [0, 0.05) is 12.6 Å². The van der Waals surface area contributed by atoms with Gasteiger partial charge in [0.05, 0.1) is 22.4 Å². The molecule has 9 heteroatoms. The number of nitro benzene ring substituents is 1. The number of benzene rings is 1. The molecule has 0 spiro atoms. The lowest BCUT2D eigenvalue weighted by Crippen LogP contribution is -2.24. The minimum absolute atomic E-state index is 0.212. The topological polar surface area (TPSA) is 101 Å². The highest BCUT2D eigenvalue weighted by molar-refractivity contribution is 7.92. The van der Waals surface area contributed by atoms with E-state index in [-0.39, 0.29) is 18.0 Å². The molecular formula is C9H12FN3O4S. The monoisotopic (exact) mass is 277 g/mol. The van der Waals surface area contributed by atoms with Gasteiger partial charge in [-0.05, 0) is 13.1 Å². The van der Waals surface area contributed by atoms with Gasteiger partial charge in [-0.2, -0.15) is 0 Å². The van der Waals surface area contributed by atoms with Crippen LogP contribution in [0.25, 0.3) is 0 Å². The number of hydrogen-bond donors (Lipinski definition) is 2. The van der Waals surface area contributed by atoms with Crippen LogP contribution in [0.5, 0.6) is 0 Å². The molecule has 1 aromatic carbocycles. The van der Waals surface area contributed by atoms with Crippen molar-refractivity contribution in [2.24, 2.45) is 0 Å². The highest BCUT2D eigenvalue weighted by Gasteiger charge is 2.15. The summed E-state index contributed by atoms with van der Waals surface area (Å²) in [5.74, 6) is -1.21. The summed E-state index contributed by atoms with van der Waals surface area (Å²) in [4.78, 5) is 9.62. The number of non-ortho nitro benzene ring substituents is 1. The molecule has 0 aliphatic carbocycles. The number of anilines is 1. The Morgan fingerprint density at radius 3 is 2.61 bits per heavy atom. The normalized spacial score (nSPS) is 11.2. The van der Waals surface area contributed by atoms with Crippen molar-refractivity contribution < 1.29 is 17.7 Å². The minimum Gasteiger partial charge on any atom is -0.319 e. The molecule has 0 unspecified atom stereocenters. The number of sulfonamides is 1. The molecule has 0 aliphatic rings. The summed E-state index contributed by atoms with van der Waals surface area (Å²) >= 11 is 0. The molecule has 0 saturated heterocycles. The maximum absolute atomic E-state index is 13.4. The quantitative estimate of drug-likeness (QED) is 0.588. The average Bonchev–Trinajstić information content (AvgIpc) is 2.29. The van der Waals surface area contributed by atoms with E-state index in [0.717, 1.165) is 12.1 Å². The largest absolute Gasteiger partial charge is 0.319 e. The van der Waals surface area contributed by atoms with Crippen LogP contribution in [-0.4, -0.2) is 32.7 Å². The fourth-order valence-electron chi connectivity index (χ4n) is 1.16. The second-order valence-electron chi connectivity index (χ2n) is 3.45. The summed E-state index contributed by atoms with van der Waals surface area (Å²) in [7, 11) is -2.09. The first-order valence-electron chi connectivity index (χ1n) is 4.95. The second kappa shape index (κ2) is 5.74. The molecular weight excluding hydrogens is 265 g/mol. The number of nitrogens with zero attached hydrogens (tertiary/aromatic N) is 1. The van der Waals surface area contributed by atoms with Gasteiger partial charge in [0.25, 0.3) is 5.69 Å². The van der Waals surface area contributed by atoms with E-state index in [4.69, 9.17) is 0 Å². The van der Waals surface area contributed by atoms with Crippen molar-refractivity contribution >= 4 is 21.4 Å². The summed E-state index contributed by atoms with van der Waals surface area (Å²) in [6.07, 6.45) is 0. The average molecular weight is 277 g/mol. The van der Waals surface area contributed by atoms with Crippen molar-refractivity contribution in [2.75, 3.05) is 24.1 Å². The summed E-state index contributed by atoms with van der Waals surface area (Å²) in [5, 5.41) is 13.0. The van der Waals surface area contributed by atoms with Crippen molar-refractivity contribution in [3.8, 4) is 0 Å². The van der Waals surface area contributed by atoms with E-state index in [0.29, 0.717) is 6.07 Å². The third kappa shape index (κ3) is 3.93. The lowest BCUT2D eigenvalue weighted by molar-refractivity contribution is -0.385. The standard InChI is InChI=1S/C9H12FN3O4S/c1-11-4-5-18(16,17)12-9-3-2-7(13(14)15)6-8(9)10/h2-3,6,11-12H,4-5H2,1H3.